The SMILES string of the molecule is CCN(CC)C(=O)c1ccccc1I. The third-order valence-corrected chi connectivity index (χ3v) is 3.10. The molecule has 0 N–H and O–H groups in total. The molecule has 0 aliphatic rings. The average Bonchev–Trinajstić information content (AvgIpc) is 2.20. The van der Waals surface area contributed by atoms with E-state index in [1.54, 1.807) is 0 Å². The maximum absolute atomic E-state index is 11.9. The Morgan fingerprint density at radius 3 is 2.36 bits per heavy atom. The fourth-order valence-electron chi connectivity index (χ4n) is 1.32. The van der Waals surface area contributed by atoms with Gasteiger partial charge in [-0.15, -0.1) is 0 Å². The minimum Gasteiger partial charge on any atom is -0.339 e. The second-order valence-corrected chi connectivity index (χ2v) is 4.12. The summed E-state index contributed by atoms with van der Waals surface area (Å²) in [5.41, 5.74) is 0.803. The average molecular weight is 303 g/mol. The first-order chi connectivity index (χ1) is 6.70. The van der Waals surface area contributed by atoms with Crippen LogP contribution in [0.2, 0.25) is 0 Å². The van der Waals surface area contributed by atoms with Crippen LogP contribution >= 0.6 is 22.6 Å². The van der Waals surface area contributed by atoms with Gasteiger partial charge in [0.25, 0.3) is 5.91 Å². The highest BCUT2D eigenvalue weighted by Gasteiger charge is 2.14. The molecule has 0 aliphatic carbocycles. The van der Waals surface area contributed by atoms with E-state index in [0.717, 1.165) is 22.2 Å². The summed E-state index contributed by atoms with van der Waals surface area (Å²) in [7, 11) is 0. The highest BCUT2D eigenvalue weighted by atomic mass is 127. The molecule has 1 rings (SSSR count). The third kappa shape index (κ3) is 2.47. The molecule has 0 spiro atoms. The minimum atomic E-state index is 0.125. The Labute approximate surface area is 98.4 Å². The molecule has 0 fully saturated rings. The van der Waals surface area contributed by atoms with Crippen LogP contribution in [-0.4, -0.2) is 23.9 Å². The molecule has 76 valence electrons. The van der Waals surface area contributed by atoms with E-state index in [2.05, 4.69) is 22.6 Å². The molecule has 14 heavy (non-hydrogen) atoms. The van der Waals surface area contributed by atoms with Gasteiger partial charge < -0.3 is 4.90 Å². The normalized spacial score (nSPS) is 9.93. The van der Waals surface area contributed by atoms with Crippen LogP contribution in [0.25, 0.3) is 0 Å². The number of halogens is 1. The first kappa shape index (κ1) is 11.5. The lowest BCUT2D eigenvalue weighted by atomic mass is 10.2. The third-order valence-electron chi connectivity index (χ3n) is 2.15. The van der Waals surface area contributed by atoms with Crippen LogP contribution in [0.3, 0.4) is 0 Å². The van der Waals surface area contributed by atoms with Crippen LogP contribution in [-0.2, 0) is 0 Å². The zero-order chi connectivity index (χ0) is 10.6. The fourth-order valence-corrected chi connectivity index (χ4v) is 1.93. The van der Waals surface area contributed by atoms with Crippen LogP contribution in [0.1, 0.15) is 24.2 Å². The van der Waals surface area contributed by atoms with Crippen molar-refractivity contribution in [2.45, 2.75) is 13.8 Å². The van der Waals surface area contributed by atoms with Gasteiger partial charge in [-0.2, -0.15) is 0 Å². The zero-order valence-corrected chi connectivity index (χ0v) is 10.6. The monoisotopic (exact) mass is 303 g/mol. The number of carbonyl (C=O) groups is 1. The van der Waals surface area contributed by atoms with E-state index in [4.69, 9.17) is 0 Å². The van der Waals surface area contributed by atoms with Gasteiger partial charge >= 0.3 is 0 Å². The van der Waals surface area contributed by atoms with Gasteiger partial charge in [-0.25, -0.2) is 0 Å². The lowest BCUT2D eigenvalue weighted by molar-refractivity contribution is 0.0772. The Balaban J connectivity index is 2.94. The molecule has 0 saturated carbocycles. The van der Waals surface area contributed by atoms with E-state index >= 15 is 0 Å². The van der Waals surface area contributed by atoms with Crippen molar-refractivity contribution >= 4 is 28.5 Å². The summed E-state index contributed by atoms with van der Waals surface area (Å²) < 4.78 is 1.02. The van der Waals surface area contributed by atoms with Crippen LogP contribution in [0, 0.1) is 3.57 Å². The maximum Gasteiger partial charge on any atom is 0.254 e. The quantitative estimate of drug-likeness (QED) is 0.786. The zero-order valence-electron chi connectivity index (χ0n) is 8.46. The largest absolute Gasteiger partial charge is 0.339 e. The Hall–Kier alpha value is -0.580. The molecule has 1 aromatic carbocycles. The molecule has 0 heterocycles. The van der Waals surface area contributed by atoms with Crippen molar-refractivity contribution in [3.05, 3.63) is 33.4 Å². The predicted octanol–water partition coefficient (Wildman–Crippen LogP) is 2.77. The molecular formula is C11H14INO. The van der Waals surface area contributed by atoms with Gasteiger partial charge in [0.2, 0.25) is 0 Å². The molecule has 0 saturated heterocycles. The highest BCUT2D eigenvalue weighted by Crippen LogP contribution is 2.13. The summed E-state index contributed by atoms with van der Waals surface area (Å²) >= 11 is 2.19. The van der Waals surface area contributed by atoms with Crippen molar-refractivity contribution in [3.8, 4) is 0 Å². The smallest absolute Gasteiger partial charge is 0.254 e. The van der Waals surface area contributed by atoms with Crippen LogP contribution in [0.15, 0.2) is 24.3 Å². The van der Waals surface area contributed by atoms with Gasteiger partial charge in [0.05, 0.1) is 5.56 Å². The standard InChI is InChI=1S/C11H14INO/c1-3-13(4-2)11(14)9-7-5-6-8-10(9)12/h5-8H,3-4H2,1-2H3. The number of hydrogen-bond acceptors (Lipinski definition) is 1. The maximum atomic E-state index is 11.9. The molecule has 1 aromatic rings. The first-order valence-electron chi connectivity index (χ1n) is 4.74. The number of rotatable bonds is 3. The van der Waals surface area contributed by atoms with Crippen molar-refractivity contribution in [3.63, 3.8) is 0 Å². The molecule has 1 amide bonds. The van der Waals surface area contributed by atoms with Gasteiger partial charge in [0.15, 0.2) is 0 Å². The Kier molecular flexibility index (Phi) is 4.38. The van der Waals surface area contributed by atoms with E-state index in [1.165, 1.54) is 0 Å². The van der Waals surface area contributed by atoms with E-state index < -0.39 is 0 Å². The highest BCUT2D eigenvalue weighted by molar-refractivity contribution is 14.1. The second-order valence-electron chi connectivity index (χ2n) is 2.96. The summed E-state index contributed by atoms with van der Waals surface area (Å²) in [6, 6.07) is 7.68. The van der Waals surface area contributed by atoms with Crippen LogP contribution in [0.5, 0.6) is 0 Å². The molecule has 0 atom stereocenters. The van der Waals surface area contributed by atoms with Gasteiger partial charge in [0, 0.05) is 16.7 Å². The predicted molar refractivity (Wildman–Crippen MR) is 66.4 cm³/mol. The molecule has 0 aromatic heterocycles. The molecule has 3 heteroatoms. The Bertz CT molecular complexity index is 321. The summed E-state index contributed by atoms with van der Waals surface area (Å²) in [6.45, 7) is 5.52. The summed E-state index contributed by atoms with van der Waals surface area (Å²) in [4.78, 5) is 13.8. The van der Waals surface area contributed by atoms with E-state index in [-0.39, 0.29) is 5.91 Å². The number of amides is 1. The van der Waals surface area contributed by atoms with Gasteiger partial charge in [0.1, 0.15) is 0 Å². The van der Waals surface area contributed by atoms with Crippen molar-refractivity contribution < 1.29 is 4.79 Å². The van der Waals surface area contributed by atoms with Crippen molar-refractivity contribution in [2.75, 3.05) is 13.1 Å². The van der Waals surface area contributed by atoms with Crippen molar-refractivity contribution in [1.29, 1.82) is 0 Å². The number of benzene rings is 1. The van der Waals surface area contributed by atoms with E-state index in [1.807, 2.05) is 43.0 Å². The Morgan fingerprint density at radius 2 is 1.86 bits per heavy atom. The lowest BCUT2D eigenvalue weighted by Crippen LogP contribution is -2.30. The van der Waals surface area contributed by atoms with Crippen LogP contribution in [0.4, 0.5) is 0 Å². The van der Waals surface area contributed by atoms with Crippen LogP contribution < -0.4 is 0 Å². The topological polar surface area (TPSA) is 20.3 Å². The molecule has 2 nitrogen and oxygen atoms in total. The van der Waals surface area contributed by atoms with E-state index in [9.17, 15) is 4.79 Å². The second kappa shape index (κ2) is 5.34. The minimum absolute atomic E-state index is 0.125. The number of carbonyl (C=O) groups excluding carboxylic acids is 1. The lowest BCUT2D eigenvalue weighted by Gasteiger charge is -2.19. The van der Waals surface area contributed by atoms with Gasteiger partial charge in [-0.1, -0.05) is 12.1 Å². The molecule has 0 aliphatic heterocycles. The first-order valence-corrected chi connectivity index (χ1v) is 5.82. The Morgan fingerprint density at radius 1 is 1.29 bits per heavy atom. The molecule has 0 radical (unpaired) electrons. The van der Waals surface area contributed by atoms with Gasteiger partial charge in [-0.3, -0.25) is 4.79 Å². The molecular weight excluding hydrogens is 289 g/mol. The summed E-state index contributed by atoms with van der Waals surface area (Å²) in [6.07, 6.45) is 0. The number of nitrogens with zero attached hydrogens (tertiary/aromatic N) is 1. The van der Waals surface area contributed by atoms with Crippen molar-refractivity contribution in [1.82, 2.24) is 4.90 Å². The molecule has 0 unspecified atom stereocenters. The summed E-state index contributed by atoms with van der Waals surface area (Å²) in [5.74, 6) is 0.125. The summed E-state index contributed by atoms with van der Waals surface area (Å²) in [5, 5.41) is 0. The number of hydrogen-bond donors (Lipinski definition) is 0. The molecule has 0 bridgehead atoms. The van der Waals surface area contributed by atoms with E-state index in [0.29, 0.717) is 0 Å². The fraction of sp³-hybridized carbons (Fsp3) is 0.364. The van der Waals surface area contributed by atoms with Crippen molar-refractivity contribution in [2.24, 2.45) is 0 Å². The van der Waals surface area contributed by atoms with Gasteiger partial charge in [-0.05, 0) is 48.6 Å².